The van der Waals surface area contributed by atoms with Crippen LogP contribution in [0, 0.1) is 162 Å². The normalized spacial score (nSPS) is 11.6. The molecule has 117 heavy (non-hydrogen) atoms. The van der Waals surface area contributed by atoms with Crippen LogP contribution in [0.15, 0.2) is 0 Å². The van der Waals surface area contributed by atoms with Crippen molar-refractivity contribution in [1.82, 2.24) is 49.8 Å². The first-order valence-electron chi connectivity index (χ1n) is 40.3. The summed E-state index contributed by atoms with van der Waals surface area (Å²) in [5.41, 5.74) is -3.90. The van der Waals surface area contributed by atoms with Crippen LogP contribution in [0.25, 0.3) is 19.4 Å². The van der Waals surface area contributed by atoms with E-state index in [4.69, 9.17) is 64.2 Å². The maximum Gasteiger partial charge on any atom is 0.270 e. The van der Waals surface area contributed by atoms with Gasteiger partial charge in [-0.3, -0.25) is 29.1 Å². The molecule has 0 saturated heterocycles. The minimum atomic E-state index is -1.96. The Balaban J connectivity index is 9.28. The summed E-state index contributed by atoms with van der Waals surface area (Å²) in [5, 5.41) is 121. The number of carbonyl (C=O) groups excluding carboxylic acids is 2. The highest BCUT2D eigenvalue weighted by Gasteiger charge is 2.45. The van der Waals surface area contributed by atoms with Crippen LogP contribution in [0.2, 0.25) is 0 Å². The Morgan fingerprint density at radius 2 is 0.470 bits per heavy atom. The monoisotopic (exact) mass is 1620 g/mol. The van der Waals surface area contributed by atoms with Gasteiger partial charge in [0.25, 0.3) is 18.5 Å². The Labute approximate surface area is 695 Å². The minimum Gasteiger partial charge on any atom is -0.376 e. The van der Waals surface area contributed by atoms with Gasteiger partial charge in [-0.05, 0) is 51.4 Å². The average Bonchev–Trinajstić information content (AvgIpc) is 0.812. The van der Waals surface area contributed by atoms with E-state index in [0.29, 0.717) is 157 Å². The quantitative estimate of drug-likeness (QED) is 0.0424. The second-order valence-electron chi connectivity index (χ2n) is 27.1. The van der Waals surface area contributed by atoms with Gasteiger partial charge < -0.3 is 82.7 Å². The van der Waals surface area contributed by atoms with Gasteiger partial charge in [0.15, 0.2) is 23.7 Å². The summed E-state index contributed by atoms with van der Waals surface area (Å²) in [6.45, 7) is 36.8. The molecule has 636 valence electrons. The predicted molar refractivity (Wildman–Crippen MR) is 429 cm³/mol. The van der Waals surface area contributed by atoms with Crippen molar-refractivity contribution in [1.29, 1.82) is 63.1 Å². The molecule has 0 heterocycles. The molecular formula is C81H122N26O10. The lowest BCUT2D eigenvalue weighted by Crippen LogP contribution is -2.65. The molecule has 2 atom stereocenters. The van der Waals surface area contributed by atoms with Crippen molar-refractivity contribution in [2.24, 2.45) is 0 Å². The van der Waals surface area contributed by atoms with Gasteiger partial charge in [-0.2, -0.15) is 63.1 Å². The summed E-state index contributed by atoms with van der Waals surface area (Å²) in [5.74, 6) is -1.96. The number of rotatable bonds is 80. The first-order chi connectivity index (χ1) is 57.2. The molecule has 0 aromatic rings. The number of nitriles is 12. The zero-order valence-corrected chi connectivity index (χ0v) is 68.7. The highest BCUT2D eigenvalue weighted by Crippen LogP contribution is 2.20. The van der Waals surface area contributed by atoms with Crippen LogP contribution in [-0.2, 0) is 47.5 Å². The summed E-state index contributed by atoms with van der Waals surface area (Å²) in [6.07, 6.45) is 0.713. The summed E-state index contributed by atoms with van der Waals surface area (Å²) < 4.78 is 53.4. The predicted octanol–water partition coefficient (Wildman–Crippen LogP) is 5.62. The third-order valence-electron chi connectivity index (χ3n) is 18.0. The van der Waals surface area contributed by atoms with Gasteiger partial charge in [0.2, 0.25) is 19.6 Å². The largest absolute Gasteiger partial charge is 0.376 e. The minimum absolute atomic E-state index is 0.0502. The van der Waals surface area contributed by atoms with Crippen LogP contribution in [0.4, 0.5) is 0 Å². The molecule has 2 amide bonds. The van der Waals surface area contributed by atoms with Crippen molar-refractivity contribution in [3.8, 4) is 72.8 Å². The molecule has 0 fully saturated rings. The van der Waals surface area contributed by atoms with E-state index in [1.807, 2.05) is 34.3 Å². The molecular weight excluding hydrogens is 1500 g/mol. The van der Waals surface area contributed by atoms with Crippen molar-refractivity contribution in [3.05, 3.63) is 45.7 Å². The molecule has 36 nitrogen and oxygen atoms in total. The molecule has 0 aliphatic rings. The lowest BCUT2D eigenvalue weighted by molar-refractivity contribution is -0.186. The fourth-order valence-electron chi connectivity index (χ4n) is 12.0. The van der Waals surface area contributed by atoms with Gasteiger partial charge in [0, 0.05) is 248 Å². The van der Waals surface area contributed by atoms with Gasteiger partial charge >= 0.3 is 0 Å². The second-order valence-corrected chi connectivity index (χ2v) is 27.1. The van der Waals surface area contributed by atoms with Crippen LogP contribution < -0.4 is 10.6 Å². The highest BCUT2D eigenvalue weighted by atomic mass is 16.6. The lowest BCUT2D eigenvalue weighted by atomic mass is 10.1. The first kappa shape index (κ1) is 107. The third-order valence-corrected chi connectivity index (χ3v) is 18.0. The van der Waals surface area contributed by atoms with Gasteiger partial charge in [-0.1, -0.05) is 0 Å². The van der Waals surface area contributed by atoms with E-state index in [1.165, 1.54) is 0 Å². The second kappa shape index (κ2) is 77.4. The van der Waals surface area contributed by atoms with E-state index in [1.54, 1.807) is 4.90 Å². The fraction of sp³-hybridized carbons (Fsp3) is 0.778. The molecule has 0 rings (SSSR count). The van der Waals surface area contributed by atoms with E-state index in [-0.39, 0.29) is 202 Å². The Kier molecular flexibility index (Phi) is 70.9. The highest BCUT2D eigenvalue weighted by molar-refractivity contribution is 5.91. The Morgan fingerprint density at radius 1 is 0.274 bits per heavy atom. The molecule has 0 radical (unpaired) electrons. The zero-order chi connectivity index (χ0) is 86.0. The number of nitrogens with zero attached hydrogens (tertiary/aromatic N) is 24. The maximum absolute atomic E-state index is 16.4. The summed E-state index contributed by atoms with van der Waals surface area (Å²) in [7, 11) is 0. The van der Waals surface area contributed by atoms with Crippen molar-refractivity contribution in [2.75, 3.05) is 256 Å². The SMILES string of the molecule is [C-]#[N+]CCN(CCC#N)CCCOCC(COCCCN(CCC#N)CC[N+]#[C-])(NC(=O)C(OCCCN(CCC#N)CCC#N)C(OCCCN(CCC#N)C[N+]#[C-])C(=O)NC(COCCCN(CCC#N)CCC#N)(COCCCN(CCC#N)CCC#N)OCCCN(CCC#N)CCC#N)OCCCN(CCC#N)CC[N+]#[C-]. The van der Waals surface area contributed by atoms with E-state index in [9.17, 15) is 63.1 Å². The molecule has 0 bridgehead atoms. The van der Waals surface area contributed by atoms with Gasteiger partial charge in [0.1, 0.15) is 0 Å². The van der Waals surface area contributed by atoms with Crippen molar-refractivity contribution in [3.63, 3.8) is 0 Å². The number of hydrogen-bond acceptors (Lipinski definition) is 30. The first-order valence-corrected chi connectivity index (χ1v) is 40.3. The Hall–Kier alpha value is -9.86. The van der Waals surface area contributed by atoms with Gasteiger partial charge in [0.05, 0.1) is 132 Å². The zero-order valence-electron chi connectivity index (χ0n) is 68.7. The topological polar surface area (TPSA) is 461 Å². The molecule has 0 aromatic carbocycles. The lowest BCUT2D eigenvalue weighted by Gasteiger charge is -2.38. The van der Waals surface area contributed by atoms with Crippen LogP contribution in [0.3, 0.4) is 0 Å². The van der Waals surface area contributed by atoms with Gasteiger partial charge in [-0.15, -0.1) is 0 Å². The number of carbonyl (C=O) groups is 2. The number of hydrogen-bond donors (Lipinski definition) is 2. The Bertz CT molecular complexity index is 3150. The van der Waals surface area contributed by atoms with E-state index < -0.39 is 61.9 Å². The average molecular weight is 1620 g/mol. The molecule has 0 aliphatic carbocycles. The molecule has 0 spiro atoms. The van der Waals surface area contributed by atoms with Crippen molar-refractivity contribution in [2.45, 2.75) is 152 Å². The Morgan fingerprint density at radius 3 is 0.684 bits per heavy atom. The van der Waals surface area contributed by atoms with Crippen LogP contribution in [0.1, 0.15) is 128 Å². The molecule has 36 heteroatoms. The van der Waals surface area contributed by atoms with Crippen LogP contribution >= 0.6 is 0 Å². The summed E-state index contributed by atoms with van der Waals surface area (Å²) >= 11 is 0. The van der Waals surface area contributed by atoms with E-state index in [0.717, 1.165) is 0 Å². The van der Waals surface area contributed by atoms with E-state index >= 15 is 9.59 Å². The van der Waals surface area contributed by atoms with E-state index in [2.05, 4.69) is 103 Å². The smallest absolute Gasteiger partial charge is 0.270 e. The number of ether oxygens (including phenoxy) is 8. The molecule has 0 aliphatic heterocycles. The molecule has 0 aromatic heterocycles. The van der Waals surface area contributed by atoms with Crippen molar-refractivity contribution >= 4 is 11.8 Å². The standard InChI is InChI=1S/C81H122N26O10/c1-94-37-60-104(48-13-33-90)54-19-65-112-73-81(117-70-24-58-106(50-15-35-92)62-39-96-3,74-113-66-20-55-105(49-14-34-91)61-38-95-2)98-78(108)76(114-67-21-56-102(44-9-29-86)45-10-30-87)77(115-68-22-59-107(75-97-4)51-16-36-93)79(109)99-80(116-69-23-57-103(46-11-31-88)47-12-32-89,71-110-63-17-52-100(40-5-25-82)41-6-26-83)72-111-64-18-53-101(42-7-27-84)43-8-28-85/h76-77H,5-24,37-75H2,(H,98,108)(H,99,109). The summed E-state index contributed by atoms with van der Waals surface area (Å²) in [6, 6.07) is 25.8. The fourth-order valence-corrected chi connectivity index (χ4v) is 12.0. The summed E-state index contributed by atoms with van der Waals surface area (Å²) in [4.78, 5) is 62.4. The van der Waals surface area contributed by atoms with Crippen molar-refractivity contribution < 1.29 is 47.5 Å². The van der Waals surface area contributed by atoms with Crippen LogP contribution in [-0.4, -0.2) is 331 Å². The van der Waals surface area contributed by atoms with Crippen LogP contribution in [0.5, 0.6) is 0 Å². The molecule has 2 unspecified atom stereocenters. The number of amides is 2. The maximum atomic E-state index is 16.4. The third kappa shape index (κ3) is 57.8. The molecule has 0 saturated carbocycles. The van der Waals surface area contributed by atoms with Gasteiger partial charge in [-0.25, -0.2) is 31.2 Å². The molecule has 2 N–H and O–H groups in total. The number of nitrogens with one attached hydrogen (secondary N) is 2.